The molecule has 0 spiro atoms. The third-order valence-corrected chi connectivity index (χ3v) is 3.85. The Balaban J connectivity index is 0.000000221. The maximum absolute atomic E-state index is 12.8. The number of hydrogen-bond acceptors (Lipinski definition) is 5. The van der Waals surface area contributed by atoms with Crippen molar-refractivity contribution in [3.05, 3.63) is 52.4 Å². The molecular formula is C16H12ClF4N3O4. The largest absolute Gasteiger partial charge is 0.478 e. The highest BCUT2D eigenvalue weighted by Gasteiger charge is 2.45. The van der Waals surface area contributed by atoms with Gasteiger partial charge in [0.15, 0.2) is 0 Å². The molecule has 28 heavy (non-hydrogen) atoms. The summed E-state index contributed by atoms with van der Waals surface area (Å²) in [4.78, 5) is 27.9. The van der Waals surface area contributed by atoms with Crippen LogP contribution < -0.4 is 5.32 Å². The van der Waals surface area contributed by atoms with Gasteiger partial charge in [-0.05, 0) is 12.1 Å². The molecule has 2 heterocycles. The van der Waals surface area contributed by atoms with Crippen LogP contribution in [0.2, 0.25) is 5.15 Å². The topological polar surface area (TPSA) is 112 Å². The lowest BCUT2D eigenvalue weighted by Crippen LogP contribution is -2.44. The van der Waals surface area contributed by atoms with Crippen molar-refractivity contribution in [2.24, 2.45) is 0 Å². The highest BCUT2D eigenvalue weighted by Crippen LogP contribution is 2.39. The molecule has 0 saturated heterocycles. The number of halogens is 5. The van der Waals surface area contributed by atoms with Crippen molar-refractivity contribution in [3.8, 4) is 0 Å². The number of rotatable bonds is 4. The molecule has 3 rings (SSSR count). The van der Waals surface area contributed by atoms with E-state index in [4.69, 9.17) is 21.8 Å². The Morgan fingerprint density at radius 3 is 2.00 bits per heavy atom. The number of nitrogens with one attached hydrogen (secondary N) is 1. The fourth-order valence-electron chi connectivity index (χ4n) is 2.25. The lowest BCUT2D eigenvalue weighted by Gasteiger charge is -2.35. The summed E-state index contributed by atoms with van der Waals surface area (Å²) >= 11 is 5.33. The van der Waals surface area contributed by atoms with E-state index >= 15 is 0 Å². The molecule has 0 atom stereocenters. The van der Waals surface area contributed by atoms with E-state index in [1.54, 1.807) is 0 Å². The van der Waals surface area contributed by atoms with Gasteiger partial charge in [-0.1, -0.05) is 11.6 Å². The Labute approximate surface area is 160 Å². The van der Waals surface area contributed by atoms with Crippen LogP contribution >= 0.6 is 11.6 Å². The number of alkyl halides is 2. The smallest absolute Gasteiger partial charge is 0.339 e. The average Bonchev–Trinajstić information content (AvgIpc) is 2.57. The fraction of sp³-hybridized carbons (Fsp3) is 0.250. The third kappa shape index (κ3) is 5.52. The second-order valence-corrected chi connectivity index (χ2v) is 6.12. The summed E-state index contributed by atoms with van der Waals surface area (Å²) in [5, 5.41) is 19.6. The number of aromatic carboxylic acids is 2. The second kappa shape index (κ2) is 8.38. The van der Waals surface area contributed by atoms with Crippen LogP contribution in [0, 0.1) is 11.6 Å². The van der Waals surface area contributed by atoms with Crippen molar-refractivity contribution < 1.29 is 37.4 Å². The number of carboxylic acids is 2. The third-order valence-electron chi connectivity index (χ3n) is 3.55. The predicted molar refractivity (Wildman–Crippen MR) is 88.9 cm³/mol. The fourth-order valence-corrected chi connectivity index (χ4v) is 2.43. The van der Waals surface area contributed by atoms with Gasteiger partial charge in [-0.25, -0.2) is 37.1 Å². The van der Waals surface area contributed by atoms with Crippen LogP contribution in [-0.2, 0) is 0 Å². The predicted octanol–water partition coefficient (Wildman–Crippen LogP) is 3.70. The maximum Gasteiger partial charge on any atom is 0.339 e. The molecule has 0 amide bonds. The molecule has 0 aromatic carbocycles. The molecule has 1 aliphatic rings. The van der Waals surface area contributed by atoms with Crippen molar-refractivity contribution >= 4 is 29.4 Å². The first-order valence-corrected chi connectivity index (χ1v) is 7.94. The summed E-state index contributed by atoms with van der Waals surface area (Å²) in [6, 6.07) is 1.09. The van der Waals surface area contributed by atoms with Gasteiger partial charge in [0, 0.05) is 18.9 Å². The molecule has 2 aromatic heterocycles. The Bertz CT molecular complexity index is 905. The van der Waals surface area contributed by atoms with E-state index in [2.05, 4.69) is 15.3 Å². The monoisotopic (exact) mass is 421 g/mol. The van der Waals surface area contributed by atoms with Gasteiger partial charge < -0.3 is 15.5 Å². The zero-order chi connectivity index (χ0) is 21.1. The van der Waals surface area contributed by atoms with E-state index in [1.807, 2.05) is 0 Å². The normalized spacial score (nSPS) is 15.0. The van der Waals surface area contributed by atoms with Crippen molar-refractivity contribution in [2.75, 3.05) is 5.32 Å². The molecular weight excluding hydrogens is 410 g/mol. The van der Waals surface area contributed by atoms with Crippen LogP contribution in [0.1, 0.15) is 33.6 Å². The molecule has 0 bridgehead atoms. The minimum absolute atomic E-state index is 0.0839. The summed E-state index contributed by atoms with van der Waals surface area (Å²) in [7, 11) is 0. The van der Waals surface area contributed by atoms with Gasteiger partial charge in [-0.15, -0.1) is 0 Å². The Kier molecular flexibility index (Phi) is 6.39. The zero-order valence-electron chi connectivity index (χ0n) is 13.8. The van der Waals surface area contributed by atoms with Crippen molar-refractivity contribution in [1.29, 1.82) is 0 Å². The highest BCUT2D eigenvalue weighted by atomic mass is 35.5. The Morgan fingerprint density at radius 2 is 1.54 bits per heavy atom. The van der Waals surface area contributed by atoms with Gasteiger partial charge in [-0.3, -0.25) is 0 Å². The molecule has 3 N–H and O–H groups in total. The molecule has 0 radical (unpaired) electrons. The summed E-state index contributed by atoms with van der Waals surface area (Å²) in [5.41, 5.74) is -0.688. The maximum atomic E-state index is 12.8. The number of nitrogens with zero attached hydrogens (tertiary/aromatic N) is 2. The van der Waals surface area contributed by atoms with Gasteiger partial charge in [-0.2, -0.15) is 0 Å². The Hall–Kier alpha value is -2.95. The van der Waals surface area contributed by atoms with E-state index < -0.39 is 35.5 Å². The van der Waals surface area contributed by atoms with Gasteiger partial charge in [0.2, 0.25) is 0 Å². The SMILES string of the molecule is O=C(O)c1cc(F)cnc1Cl.O=C(O)c1cc(F)cnc1NC1CC(F)(F)C1. The zero-order valence-corrected chi connectivity index (χ0v) is 14.6. The van der Waals surface area contributed by atoms with Gasteiger partial charge in [0.05, 0.1) is 18.0 Å². The molecule has 150 valence electrons. The molecule has 12 heteroatoms. The first-order valence-electron chi connectivity index (χ1n) is 7.56. The van der Waals surface area contributed by atoms with Crippen molar-refractivity contribution in [2.45, 2.75) is 24.8 Å². The van der Waals surface area contributed by atoms with E-state index in [-0.39, 0.29) is 34.9 Å². The van der Waals surface area contributed by atoms with Crippen LogP contribution in [0.25, 0.3) is 0 Å². The number of anilines is 1. The molecule has 1 fully saturated rings. The number of aromatic nitrogens is 2. The number of carboxylic acid groups (broad SMARTS) is 2. The number of hydrogen-bond donors (Lipinski definition) is 3. The van der Waals surface area contributed by atoms with Crippen LogP contribution in [0.3, 0.4) is 0 Å². The van der Waals surface area contributed by atoms with E-state index in [9.17, 15) is 27.2 Å². The van der Waals surface area contributed by atoms with Crippen LogP contribution in [0.5, 0.6) is 0 Å². The molecule has 1 saturated carbocycles. The summed E-state index contributed by atoms with van der Waals surface area (Å²) in [6.07, 6.45) is 0.955. The molecule has 0 aliphatic heterocycles. The minimum Gasteiger partial charge on any atom is -0.478 e. The molecule has 7 nitrogen and oxygen atoms in total. The minimum atomic E-state index is -2.71. The molecule has 0 unspecified atom stereocenters. The van der Waals surface area contributed by atoms with Gasteiger partial charge in [0.1, 0.15) is 28.2 Å². The average molecular weight is 422 g/mol. The van der Waals surface area contributed by atoms with E-state index in [0.29, 0.717) is 0 Å². The van der Waals surface area contributed by atoms with Crippen molar-refractivity contribution in [3.63, 3.8) is 0 Å². The standard InChI is InChI=1S/C10H9F3N2O2.C6H3ClFNO2/c11-5-1-7(9(16)17)8(14-4-5)15-6-2-10(12,13)3-6;7-5-4(6(10)11)1-3(8)2-9-5/h1,4,6H,2-3H2,(H,14,15)(H,16,17);1-2H,(H,10,11). The lowest BCUT2D eigenvalue weighted by molar-refractivity contribution is -0.0794. The summed E-state index contributed by atoms with van der Waals surface area (Å²) in [6.45, 7) is 0. The van der Waals surface area contributed by atoms with Gasteiger partial charge in [0.25, 0.3) is 5.92 Å². The number of pyridine rings is 2. The summed E-state index contributed by atoms with van der Waals surface area (Å²) in [5.74, 6) is -6.94. The first-order chi connectivity index (χ1) is 13.0. The van der Waals surface area contributed by atoms with Crippen LogP contribution in [0.4, 0.5) is 23.4 Å². The van der Waals surface area contributed by atoms with Crippen LogP contribution in [0.15, 0.2) is 24.5 Å². The number of carbonyl (C=O) groups is 2. The van der Waals surface area contributed by atoms with Gasteiger partial charge >= 0.3 is 11.9 Å². The molecule has 1 aliphatic carbocycles. The quantitative estimate of drug-likeness (QED) is 0.509. The van der Waals surface area contributed by atoms with Crippen LogP contribution in [-0.4, -0.2) is 44.1 Å². The van der Waals surface area contributed by atoms with E-state index in [0.717, 1.165) is 24.5 Å². The van der Waals surface area contributed by atoms with E-state index in [1.165, 1.54) is 0 Å². The summed E-state index contributed by atoms with van der Waals surface area (Å²) < 4.78 is 50.3. The van der Waals surface area contributed by atoms with Crippen molar-refractivity contribution in [1.82, 2.24) is 9.97 Å². The first kappa shape index (κ1) is 21.4. The Morgan fingerprint density at radius 1 is 1.04 bits per heavy atom. The lowest BCUT2D eigenvalue weighted by atomic mass is 9.88. The molecule has 2 aromatic rings. The second-order valence-electron chi connectivity index (χ2n) is 5.76. The highest BCUT2D eigenvalue weighted by molar-refractivity contribution is 6.32.